The Morgan fingerprint density at radius 2 is 2.29 bits per heavy atom. The van der Waals surface area contributed by atoms with Gasteiger partial charge in [0.25, 0.3) is 5.91 Å². The van der Waals surface area contributed by atoms with Crippen LogP contribution in [0.15, 0.2) is 35.3 Å². The fraction of sp³-hybridized carbons (Fsp3) is 0.400. The number of rotatable bonds is 5. The summed E-state index contributed by atoms with van der Waals surface area (Å²) in [6.45, 7) is 0.593. The minimum absolute atomic E-state index is 0.130. The first-order chi connectivity index (χ1) is 11.7. The van der Waals surface area contributed by atoms with E-state index in [1.54, 1.807) is 12.3 Å². The van der Waals surface area contributed by atoms with E-state index in [2.05, 4.69) is 30.3 Å². The number of hydrogen-bond donors (Lipinski definition) is 1. The average molecular weight is 327 g/mol. The molecule has 0 spiro atoms. The van der Waals surface area contributed by atoms with Gasteiger partial charge in [0, 0.05) is 37.5 Å². The van der Waals surface area contributed by atoms with Gasteiger partial charge in [0.15, 0.2) is 11.5 Å². The molecule has 4 rings (SSSR count). The predicted octanol–water partition coefficient (Wildman–Crippen LogP) is 0.724. The number of carbonyl (C=O) groups is 1. The van der Waals surface area contributed by atoms with Crippen LogP contribution in [0.4, 0.5) is 0 Å². The first-order valence-electron chi connectivity index (χ1n) is 7.77. The normalized spacial score (nSPS) is 19.9. The van der Waals surface area contributed by atoms with Crippen molar-refractivity contribution in [1.82, 2.24) is 35.0 Å². The zero-order valence-electron chi connectivity index (χ0n) is 13.2. The highest BCUT2D eigenvalue weighted by Crippen LogP contribution is 2.36. The molecule has 0 saturated heterocycles. The van der Waals surface area contributed by atoms with Crippen LogP contribution in [0.3, 0.4) is 0 Å². The molecule has 1 N–H and O–H groups in total. The second-order valence-corrected chi connectivity index (χ2v) is 5.96. The molecule has 1 aliphatic carbocycles. The van der Waals surface area contributed by atoms with E-state index >= 15 is 0 Å². The molecule has 9 nitrogen and oxygen atoms in total. The van der Waals surface area contributed by atoms with Crippen molar-refractivity contribution in [2.24, 2.45) is 7.05 Å². The van der Waals surface area contributed by atoms with Crippen LogP contribution < -0.4 is 5.32 Å². The average Bonchev–Trinajstić information content (AvgIpc) is 3.27. The highest BCUT2D eigenvalue weighted by molar-refractivity contribution is 5.92. The van der Waals surface area contributed by atoms with E-state index < -0.39 is 0 Å². The first kappa shape index (κ1) is 14.6. The number of nitrogens with zero attached hydrogens (tertiary/aromatic N) is 6. The molecule has 9 heteroatoms. The fourth-order valence-corrected chi connectivity index (χ4v) is 2.94. The lowest BCUT2D eigenvalue weighted by molar-refractivity contribution is 0.0897. The molecule has 3 heterocycles. The van der Waals surface area contributed by atoms with Crippen molar-refractivity contribution in [3.05, 3.63) is 48.1 Å². The van der Waals surface area contributed by atoms with Crippen LogP contribution in [-0.4, -0.2) is 41.7 Å². The number of nitrogens with one attached hydrogen (secondary N) is 1. The van der Waals surface area contributed by atoms with Gasteiger partial charge in [-0.05, 0) is 18.9 Å². The molecule has 0 aliphatic heterocycles. The van der Waals surface area contributed by atoms with Crippen molar-refractivity contribution < 1.29 is 9.32 Å². The Labute approximate surface area is 137 Å². The summed E-state index contributed by atoms with van der Waals surface area (Å²) < 4.78 is 8.51. The van der Waals surface area contributed by atoms with Crippen molar-refractivity contribution in [2.45, 2.75) is 31.3 Å². The van der Waals surface area contributed by atoms with Crippen LogP contribution in [0, 0.1) is 0 Å². The zero-order chi connectivity index (χ0) is 16.5. The molecule has 0 bridgehead atoms. The van der Waals surface area contributed by atoms with E-state index in [1.807, 2.05) is 28.6 Å². The summed E-state index contributed by atoms with van der Waals surface area (Å²) in [6.07, 6.45) is 6.71. The van der Waals surface area contributed by atoms with Gasteiger partial charge in [0.1, 0.15) is 18.6 Å². The number of aromatic nitrogens is 6. The molecule has 0 atom stereocenters. The van der Waals surface area contributed by atoms with E-state index in [0.717, 1.165) is 24.5 Å². The Hall–Kier alpha value is -2.97. The highest BCUT2D eigenvalue weighted by atomic mass is 16.5. The van der Waals surface area contributed by atoms with Crippen molar-refractivity contribution in [3.63, 3.8) is 0 Å². The molecule has 24 heavy (non-hydrogen) atoms. The topological polar surface area (TPSA) is 104 Å². The van der Waals surface area contributed by atoms with Gasteiger partial charge in [-0.25, -0.2) is 0 Å². The van der Waals surface area contributed by atoms with E-state index in [4.69, 9.17) is 0 Å². The largest absolute Gasteiger partial charge is 0.364 e. The van der Waals surface area contributed by atoms with Crippen LogP contribution in [0.2, 0.25) is 0 Å². The standard InChI is InChI=1S/C15H17N7O2/c1-21-13(9-22-5-2-4-16-22)18-19-14(21)10-7-11(8-10)17-15(23)12-3-6-24-20-12/h2-6,10-11H,7-9H2,1H3,(H,17,23). The van der Waals surface area contributed by atoms with Gasteiger partial charge in [0.2, 0.25) is 0 Å². The summed E-state index contributed by atoms with van der Waals surface area (Å²) >= 11 is 0. The van der Waals surface area contributed by atoms with Crippen LogP contribution in [-0.2, 0) is 13.6 Å². The first-order valence-corrected chi connectivity index (χ1v) is 7.77. The number of carbonyl (C=O) groups excluding carboxylic acids is 1. The lowest BCUT2D eigenvalue weighted by Crippen LogP contribution is -2.44. The van der Waals surface area contributed by atoms with Crippen molar-refractivity contribution in [3.8, 4) is 0 Å². The van der Waals surface area contributed by atoms with Gasteiger partial charge in [-0.3, -0.25) is 9.48 Å². The van der Waals surface area contributed by atoms with E-state index in [0.29, 0.717) is 18.2 Å². The summed E-state index contributed by atoms with van der Waals surface area (Å²) in [5.41, 5.74) is 0.304. The van der Waals surface area contributed by atoms with E-state index in [9.17, 15) is 4.79 Å². The molecule has 1 aliphatic rings. The van der Waals surface area contributed by atoms with Crippen molar-refractivity contribution in [1.29, 1.82) is 0 Å². The summed E-state index contributed by atoms with van der Waals surface area (Å²) in [7, 11) is 1.97. The SMILES string of the molecule is Cn1c(Cn2cccn2)nnc1C1CC(NC(=O)c2ccon2)C1. The Kier molecular flexibility index (Phi) is 3.60. The summed E-state index contributed by atoms with van der Waals surface area (Å²) in [4.78, 5) is 11.9. The Balaban J connectivity index is 1.35. The third-order valence-electron chi connectivity index (χ3n) is 4.37. The van der Waals surface area contributed by atoms with E-state index in [-0.39, 0.29) is 11.9 Å². The van der Waals surface area contributed by atoms with Crippen LogP contribution in [0.5, 0.6) is 0 Å². The maximum absolute atomic E-state index is 11.9. The number of amides is 1. The van der Waals surface area contributed by atoms with Gasteiger partial charge in [-0.15, -0.1) is 10.2 Å². The highest BCUT2D eigenvalue weighted by Gasteiger charge is 2.35. The molecule has 3 aromatic rings. The van der Waals surface area contributed by atoms with Crippen molar-refractivity contribution >= 4 is 5.91 Å². The third kappa shape index (κ3) is 2.68. The lowest BCUT2D eigenvalue weighted by Gasteiger charge is -2.34. The molecule has 124 valence electrons. The Morgan fingerprint density at radius 3 is 3.00 bits per heavy atom. The molecule has 0 radical (unpaired) electrons. The molecular weight excluding hydrogens is 310 g/mol. The molecule has 0 aromatic carbocycles. The molecular formula is C15H17N7O2. The van der Waals surface area contributed by atoms with Crippen LogP contribution >= 0.6 is 0 Å². The minimum atomic E-state index is -0.204. The van der Waals surface area contributed by atoms with Crippen LogP contribution in [0.25, 0.3) is 0 Å². The van der Waals surface area contributed by atoms with Gasteiger partial charge in [0.05, 0.1) is 0 Å². The molecule has 1 fully saturated rings. The second-order valence-electron chi connectivity index (χ2n) is 5.96. The molecule has 3 aromatic heterocycles. The molecule has 1 saturated carbocycles. The Bertz CT molecular complexity index is 816. The van der Waals surface area contributed by atoms with Gasteiger partial charge in [-0.1, -0.05) is 5.16 Å². The summed E-state index contributed by atoms with van der Waals surface area (Å²) in [5.74, 6) is 1.91. The second kappa shape index (κ2) is 5.91. The fourth-order valence-electron chi connectivity index (χ4n) is 2.94. The van der Waals surface area contributed by atoms with Gasteiger partial charge >= 0.3 is 0 Å². The lowest BCUT2D eigenvalue weighted by atomic mass is 9.79. The maximum Gasteiger partial charge on any atom is 0.273 e. The van der Waals surface area contributed by atoms with Gasteiger partial charge in [-0.2, -0.15) is 5.10 Å². The molecule has 1 amide bonds. The van der Waals surface area contributed by atoms with Crippen molar-refractivity contribution in [2.75, 3.05) is 0 Å². The van der Waals surface area contributed by atoms with E-state index in [1.165, 1.54) is 6.26 Å². The number of hydrogen-bond acceptors (Lipinski definition) is 6. The quantitative estimate of drug-likeness (QED) is 0.741. The van der Waals surface area contributed by atoms with Gasteiger partial charge < -0.3 is 14.4 Å². The maximum atomic E-state index is 11.9. The molecule has 0 unspecified atom stereocenters. The monoisotopic (exact) mass is 327 g/mol. The Morgan fingerprint density at radius 1 is 1.42 bits per heavy atom. The van der Waals surface area contributed by atoms with Crippen LogP contribution in [0.1, 0.15) is 40.9 Å². The predicted molar refractivity (Wildman–Crippen MR) is 82.1 cm³/mol. The smallest absolute Gasteiger partial charge is 0.273 e. The summed E-state index contributed by atoms with van der Waals surface area (Å²) in [6, 6.07) is 3.56. The third-order valence-corrected chi connectivity index (χ3v) is 4.37. The minimum Gasteiger partial charge on any atom is -0.364 e. The zero-order valence-corrected chi connectivity index (χ0v) is 13.2. The summed E-state index contributed by atoms with van der Waals surface area (Å²) in [5, 5.41) is 19.3.